The second-order valence-electron chi connectivity index (χ2n) is 6.45. The first-order valence-electron chi connectivity index (χ1n) is 9.13. The van der Waals surface area contributed by atoms with Crippen molar-refractivity contribution in [3.05, 3.63) is 77.5 Å². The van der Waals surface area contributed by atoms with Gasteiger partial charge in [0.05, 0.1) is 26.5 Å². The van der Waals surface area contributed by atoms with E-state index in [0.29, 0.717) is 6.61 Å². The van der Waals surface area contributed by atoms with Crippen molar-refractivity contribution in [2.45, 2.75) is 33.5 Å². The van der Waals surface area contributed by atoms with Crippen LogP contribution in [0.15, 0.2) is 59.5 Å². The van der Waals surface area contributed by atoms with Crippen molar-refractivity contribution < 1.29 is 13.9 Å². The molecular formula is C22H26N2O3. The molecule has 3 rings (SSSR count). The summed E-state index contributed by atoms with van der Waals surface area (Å²) < 4.78 is 16.8. The van der Waals surface area contributed by atoms with E-state index in [1.165, 1.54) is 16.7 Å². The molecule has 0 N–H and O–H groups in total. The van der Waals surface area contributed by atoms with E-state index in [1.54, 1.807) is 19.6 Å². The van der Waals surface area contributed by atoms with Gasteiger partial charge in [0.25, 0.3) is 0 Å². The molecule has 0 aliphatic rings. The van der Waals surface area contributed by atoms with Crippen LogP contribution in [0, 0.1) is 6.92 Å². The zero-order valence-electron chi connectivity index (χ0n) is 16.1. The van der Waals surface area contributed by atoms with E-state index in [9.17, 15) is 0 Å². The van der Waals surface area contributed by atoms with Crippen molar-refractivity contribution in [1.29, 1.82) is 0 Å². The van der Waals surface area contributed by atoms with E-state index in [-0.39, 0.29) is 0 Å². The fourth-order valence-corrected chi connectivity index (χ4v) is 3.08. The maximum absolute atomic E-state index is 5.76. The largest absolute Gasteiger partial charge is 0.493 e. The lowest BCUT2D eigenvalue weighted by Gasteiger charge is -2.23. The molecule has 2 heterocycles. The molecule has 0 aliphatic heterocycles. The molecule has 3 aromatic rings. The van der Waals surface area contributed by atoms with Crippen molar-refractivity contribution in [1.82, 2.24) is 9.88 Å². The van der Waals surface area contributed by atoms with Gasteiger partial charge in [-0.1, -0.05) is 6.07 Å². The molecule has 5 heteroatoms. The van der Waals surface area contributed by atoms with Crippen LogP contribution in [0.4, 0.5) is 0 Å². The number of pyridine rings is 1. The second-order valence-corrected chi connectivity index (χ2v) is 6.45. The van der Waals surface area contributed by atoms with Crippen molar-refractivity contribution in [2.24, 2.45) is 0 Å². The lowest BCUT2D eigenvalue weighted by Crippen LogP contribution is -2.22. The summed E-state index contributed by atoms with van der Waals surface area (Å²) in [5, 5.41) is 0. The monoisotopic (exact) mass is 366 g/mol. The molecule has 0 fully saturated rings. The third-order valence-electron chi connectivity index (χ3n) is 4.40. The van der Waals surface area contributed by atoms with Crippen molar-refractivity contribution in [2.75, 3.05) is 13.7 Å². The molecule has 0 saturated heterocycles. The molecule has 0 radical (unpaired) electrons. The van der Waals surface area contributed by atoms with Gasteiger partial charge >= 0.3 is 0 Å². The topological polar surface area (TPSA) is 47.7 Å². The van der Waals surface area contributed by atoms with Gasteiger partial charge in [-0.2, -0.15) is 0 Å². The Morgan fingerprint density at radius 3 is 2.63 bits per heavy atom. The first kappa shape index (κ1) is 19.0. The van der Waals surface area contributed by atoms with E-state index in [4.69, 9.17) is 13.9 Å². The number of ether oxygens (including phenoxy) is 2. The van der Waals surface area contributed by atoms with Gasteiger partial charge in [0.1, 0.15) is 5.76 Å². The minimum Gasteiger partial charge on any atom is -0.493 e. The minimum atomic E-state index is 0.602. The molecule has 27 heavy (non-hydrogen) atoms. The van der Waals surface area contributed by atoms with Crippen LogP contribution in [0.5, 0.6) is 11.5 Å². The predicted octanol–water partition coefficient (Wildman–Crippen LogP) is 4.59. The molecule has 0 spiro atoms. The summed E-state index contributed by atoms with van der Waals surface area (Å²) in [7, 11) is 1.67. The smallest absolute Gasteiger partial charge is 0.161 e. The molecule has 0 aliphatic carbocycles. The first-order valence-corrected chi connectivity index (χ1v) is 9.13. The molecule has 1 aromatic carbocycles. The number of hydrogen-bond donors (Lipinski definition) is 0. The van der Waals surface area contributed by atoms with Crippen LogP contribution in [0.2, 0.25) is 0 Å². The highest BCUT2D eigenvalue weighted by molar-refractivity contribution is 5.47. The van der Waals surface area contributed by atoms with Gasteiger partial charge in [-0.3, -0.25) is 9.88 Å². The number of rotatable bonds is 9. The molecule has 2 aromatic heterocycles. The summed E-state index contributed by atoms with van der Waals surface area (Å²) in [6.45, 7) is 6.95. The Morgan fingerprint density at radius 2 is 1.96 bits per heavy atom. The maximum atomic E-state index is 5.76. The molecule has 0 unspecified atom stereocenters. The van der Waals surface area contributed by atoms with Gasteiger partial charge in [-0.05, 0) is 60.9 Å². The zero-order chi connectivity index (χ0) is 19.1. The van der Waals surface area contributed by atoms with E-state index in [1.807, 2.05) is 37.4 Å². The molecule has 0 bridgehead atoms. The average Bonchev–Trinajstić information content (AvgIpc) is 3.18. The van der Waals surface area contributed by atoms with Gasteiger partial charge in [-0.25, -0.2) is 0 Å². The van der Waals surface area contributed by atoms with E-state index < -0.39 is 0 Å². The normalized spacial score (nSPS) is 11.0. The summed E-state index contributed by atoms with van der Waals surface area (Å²) in [6.07, 6.45) is 5.41. The molecule has 142 valence electrons. The Morgan fingerprint density at radius 1 is 1.07 bits per heavy atom. The summed E-state index contributed by atoms with van der Waals surface area (Å²) in [5.41, 5.74) is 3.54. The Hall–Kier alpha value is -2.79. The lowest BCUT2D eigenvalue weighted by molar-refractivity contribution is 0.225. The first-order chi connectivity index (χ1) is 13.2. The van der Waals surface area contributed by atoms with Gasteiger partial charge in [0, 0.05) is 25.5 Å². The number of nitrogens with zero attached hydrogens (tertiary/aromatic N) is 2. The minimum absolute atomic E-state index is 0.602. The highest BCUT2D eigenvalue weighted by Gasteiger charge is 2.15. The van der Waals surface area contributed by atoms with E-state index >= 15 is 0 Å². The van der Waals surface area contributed by atoms with Crippen molar-refractivity contribution >= 4 is 0 Å². The number of methoxy groups -OCH3 is 1. The van der Waals surface area contributed by atoms with Crippen LogP contribution in [-0.4, -0.2) is 23.6 Å². The number of aryl methyl sites for hydroxylation is 1. The summed E-state index contributed by atoms with van der Waals surface area (Å²) in [4.78, 5) is 6.57. The number of benzene rings is 1. The predicted molar refractivity (Wildman–Crippen MR) is 105 cm³/mol. The van der Waals surface area contributed by atoms with Crippen LogP contribution < -0.4 is 9.47 Å². The third kappa shape index (κ3) is 5.11. The van der Waals surface area contributed by atoms with Crippen LogP contribution >= 0.6 is 0 Å². The summed E-state index contributed by atoms with van der Waals surface area (Å²) >= 11 is 0. The Kier molecular flexibility index (Phi) is 6.49. The van der Waals surface area contributed by atoms with E-state index in [2.05, 4.69) is 28.9 Å². The maximum Gasteiger partial charge on any atom is 0.161 e. The van der Waals surface area contributed by atoms with Gasteiger partial charge in [-0.15, -0.1) is 0 Å². The van der Waals surface area contributed by atoms with Crippen molar-refractivity contribution in [3.8, 4) is 11.5 Å². The van der Waals surface area contributed by atoms with Crippen LogP contribution in [0.1, 0.15) is 29.4 Å². The SMILES string of the molecule is CCOc1cc(CN(Cc2cccnc2)Cc2ccco2)c(C)cc1OC. The Balaban J connectivity index is 1.85. The highest BCUT2D eigenvalue weighted by atomic mass is 16.5. The second kappa shape index (κ2) is 9.24. The summed E-state index contributed by atoms with van der Waals surface area (Å²) in [5.74, 6) is 2.48. The molecule has 0 amide bonds. The fraction of sp³-hybridized carbons (Fsp3) is 0.318. The average molecular weight is 366 g/mol. The van der Waals surface area contributed by atoms with Crippen LogP contribution in [-0.2, 0) is 19.6 Å². The van der Waals surface area contributed by atoms with Gasteiger partial charge in [0.15, 0.2) is 11.5 Å². The highest BCUT2D eigenvalue weighted by Crippen LogP contribution is 2.31. The zero-order valence-corrected chi connectivity index (χ0v) is 16.1. The van der Waals surface area contributed by atoms with Crippen LogP contribution in [0.25, 0.3) is 0 Å². The fourth-order valence-electron chi connectivity index (χ4n) is 3.08. The number of hydrogen-bond acceptors (Lipinski definition) is 5. The quantitative estimate of drug-likeness (QED) is 0.554. The molecular weight excluding hydrogens is 340 g/mol. The Labute approximate surface area is 160 Å². The molecule has 0 atom stereocenters. The molecule has 5 nitrogen and oxygen atoms in total. The van der Waals surface area contributed by atoms with Gasteiger partial charge < -0.3 is 13.9 Å². The molecule has 0 saturated carbocycles. The third-order valence-corrected chi connectivity index (χ3v) is 4.40. The van der Waals surface area contributed by atoms with Crippen molar-refractivity contribution in [3.63, 3.8) is 0 Å². The van der Waals surface area contributed by atoms with E-state index in [0.717, 1.165) is 36.9 Å². The lowest BCUT2D eigenvalue weighted by atomic mass is 10.1. The van der Waals surface area contributed by atoms with Crippen LogP contribution in [0.3, 0.4) is 0 Å². The summed E-state index contributed by atoms with van der Waals surface area (Å²) in [6, 6.07) is 12.1. The Bertz CT molecular complexity index is 832. The standard InChI is InChI=1S/C22H26N2O3/c1-4-26-22-12-19(17(2)11-21(22)25-3)15-24(16-20-8-6-10-27-20)14-18-7-5-9-23-13-18/h5-13H,4,14-16H2,1-3H3. The number of aromatic nitrogens is 1. The number of furan rings is 1. The van der Waals surface area contributed by atoms with Gasteiger partial charge in [0.2, 0.25) is 0 Å².